The third kappa shape index (κ3) is 4.18. The summed E-state index contributed by atoms with van der Waals surface area (Å²) in [6, 6.07) is 0.425. The first-order chi connectivity index (χ1) is 7.54. The number of rotatable bonds is 7. The van der Waals surface area contributed by atoms with E-state index >= 15 is 0 Å². The Morgan fingerprint density at radius 3 is 2.44 bits per heavy atom. The summed E-state index contributed by atoms with van der Waals surface area (Å²) in [4.78, 5) is 25.9. The van der Waals surface area contributed by atoms with E-state index in [9.17, 15) is 9.59 Å². The summed E-state index contributed by atoms with van der Waals surface area (Å²) < 4.78 is 0. The van der Waals surface area contributed by atoms with E-state index < -0.39 is 5.97 Å². The summed E-state index contributed by atoms with van der Waals surface area (Å²) in [6.07, 6.45) is 2.28. The molecule has 0 aromatic heterocycles. The lowest BCUT2D eigenvalue weighted by atomic mass is 10.3. The number of aliphatic carboxylic acids is 1. The van der Waals surface area contributed by atoms with E-state index in [1.54, 1.807) is 11.9 Å². The van der Waals surface area contributed by atoms with Crippen LogP contribution in [0, 0.1) is 0 Å². The zero-order valence-electron chi connectivity index (χ0n) is 9.98. The lowest BCUT2D eigenvalue weighted by Crippen LogP contribution is -2.40. The maximum absolute atomic E-state index is 11.7. The van der Waals surface area contributed by atoms with Crippen molar-refractivity contribution in [3.8, 4) is 0 Å². The highest BCUT2D eigenvalue weighted by Crippen LogP contribution is 2.26. The monoisotopic (exact) mass is 228 g/mol. The van der Waals surface area contributed by atoms with Gasteiger partial charge in [-0.15, -0.1) is 0 Å². The van der Waals surface area contributed by atoms with Crippen LogP contribution < -0.4 is 0 Å². The fraction of sp³-hybridized carbons (Fsp3) is 0.818. The Morgan fingerprint density at radius 1 is 1.38 bits per heavy atom. The molecule has 16 heavy (non-hydrogen) atoms. The Bertz CT molecular complexity index is 264. The molecule has 1 saturated carbocycles. The molecule has 0 aromatic carbocycles. The van der Waals surface area contributed by atoms with Crippen LogP contribution in [0.5, 0.6) is 0 Å². The molecule has 1 rings (SSSR count). The molecule has 0 aliphatic heterocycles. The van der Waals surface area contributed by atoms with Crippen molar-refractivity contribution in [3.63, 3.8) is 0 Å². The molecule has 0 saturated heterocycles. The average Bonchev–Trinajstić information content (AvgIpc) is 3.06. The standard InChI is InChI=1S/C11H20N2O3/c1-3-12(2)10(14)8-13(9-4-5-9)7-6-11(15)16/h9H,3-8H2,1-2H3,(H,15,16). The molecule has 0 bridgehead atoms. The number of hydrogen-bond acceptors (Lipinski definition) is 3. The number of amides is 1. The van der Waals surface area contributed by atoms with Gasteiger partial charge in [0.15, 0.2) is 0 Å². The van der Waals surface area contributed by atoms with Crippen molar-refractivity contribution in [2.45, 2.75) is 32.2 Å². The predicted octanol–water partition coefficient (Wildman–Crippen LogP) is 0.404. The Labute approximate surface area is 96.0 Å². The number of carboxylic acids is 1. The van der Waals surface area contributed by atoms with Crippen molar-refractivity contribution >= 4 is 11.9 Å². The van der Waals surface area contributed by atoms with Gasteiger partial charge < -0.3 is 10.0 Å². The highest BCUT2D eigenvalue weighted by atomic mass is 16.4. The summed E-state index contributed by atoms with van der Waals surface area (Å²) in [7, 11) is 1.77. The van der Waals surface area contributed by atoms with E-state index in [1.165, 1.54) is 0 Å². The lowest BCUT2D eigenvalue weighted by Gasteiger charge is -2.23. The smallest absolute Gasteiger partial charge is 0.304 e. The van der Waals surface area contributed by atoms with Crippen molar-refractivity contribution in [3.05, 3.63) is 0 Å². The first kappa shape index (κ1) is 13.0. The first-order valence-corrected chi connectivity index (χ1v) is 5.74. The van der Waals surface area contributed by atoms with E-state index in [-0.39, 0.29) is 12.3 Å². The molecule has 0 aromatic rings. The summed E-state index contributed by atoms with van der Waals surface area (Å²) in [5, 5.41) is 8.63. The van der Waals surface area contributed by atoms with Gasteiger partial charge in [0, 0.05) is 26.2 Å². The molecule has 0 spiro atoms. The minimum Gasteiger partial charge on any atom is -0.481 e. The minimum atomic E-state index is -0.804. The van der Waals surface area contributed by atoms with Crippen molar-refractivity contribution in [1.29, 1.82) is 0 Å². The second-order valence-corrected chi connectivity index (χ2v) is 4.25. The third-order valence-electron chi connectivity index (χ3n) is 2.91. The Balaban J connectivity index is 2.38. The van der Waals surface area contributed by atoms with E-state index in [0.29, 0.717) is 25.7 Å². The molecule has 0 heterocycles. The lowest BCUT2D eigenvalue weighted by molar-refractivity contribution is -0.138. The number of likely N-dealkylation sites (N-methyl/N-ethyl adjacent to an activating group) is 1. The molecule has 1 aliphatic rings. The second-order valence-electron chi connectivity index (χ2n) is 4.25. The SMILES string of the molecule is CCN(C)C(=O)CN(CCC(=O)O)C1CC1. The molecule has 0 radical (unpaired) electrons. The van der Waals surface area contributed by atoms with E-state index in [0.717, 1.165) is 12.8 Å². The quantitative estimate of drug-likeness (QED) is 0.685. The van der Waals surface area contributed by atoms with Crippen LogP contribution in [0.25, 0.3) is 0 Å². The van der Waals surface area contributed by atoms with Crippen LogP contribution in [-0.2, 0) is 9.59 Å². The summed E-state index contributed by atoms with van der Waals surface area (Å²) in [5.74, 6) is -0.735. The number of carbonyl (C=O) groups is 2. The van der Waals surface area contributed by atoms with Gasteiger partial charge in [0.1, 0.15) is 0 Å². The Kier molecular flexibility index (Phi) is 4.73. The molecule has 5 heteroatoms. The average molecular weight is 228 g/mol. The van der Waals surface area contributed by atoms with Gasteiger partial charge in [-0.05, 0) is 19.8 Å². The van der Waals surface area contributed by atoms with Crippen LogP contribution in [0.3, 0.4) is 0 Å². The van der Waals surface area contributed by atoms with Gasteiger partial charge >= 0.3 is 5.97 Å². The fourth-order valence-corrected chi connectivity index (χ4v) is 1.54. The molecule has 92 valence electrons. The third-order valence-corrected chi connectivity index (χ3v) is 2.91. The molecule has 0 unspecified atom stereocenters. The Hall–Kier alpha value is -1.10. The number of nitrogens with zero attached hydrogens (tertiary/aromatic N) is 2. The topological polar surface area (TPSA) is 60.9 Å². The van der Waals surface area contributed by atoms with Crippen molar-refractivity contribution < 1.29 is 14.7 Å². The van der Waals surface area contributed by atoms with Crippen molar-refractivity contribution in [1.82, 2.24) is 9.80 Å². The van der Waals surface area contributed by atoms with Crippen molar-refractivity contribution in [2.24, 2.45) is 0 Å². The fourth-order valence-electron chi connectivity index (χ4n) is 1.54. The molecule has 1 aliphatic carbocycles. The van der Waals surface area contributed by atoms with E-state index in [4.69, 9.17) is 5.11 Å². The summed E-state index contributed by atoms with van der Waals surface area (Å²) in [6.45, 7) is 3.44. The zero-order valence-corrected chi connectivity index (χ0v) is 9.98. The number of hydrogen-bond donors (Lipinski definition) is 1. The normalized spacial score (nSPS) is 15.2. The summed E-state index contributed by atoms with van der Waals surface area (Å²) in [5.41, 5.74) is 0. The second kappa shape index (κ2) is 5.84. The molecule has 5 nitrogen and oxygen atoms in total. The van der Waals surface area contributed by atoms with E-state index in [2.05, 4.69) is 0 Å². The van der Waals surface area contributed by atoms with Gasteiger partial charge in [0.05, 0.1) is 13.0 Å². The van der Waals surface area contributed by atoms with Crippen molar-refractivity contribution in [2.75, 3.05) is 26.7 Å². The van der Waals surface area contributed by atoms with Gasteiger partial charge in [0.25, 0.3) is 0 Å². The molecular weight excluding hydrogens is 208 g/mol. The maximum Gasteiger partial charge on any atom is 0.304 e. The van der Waals surface area contributed by atoms with Gasteiger partial charge in [-0.1, -0.05) is 0 Å². The number of carboxylic acid groups (broad SMARTS) is 1. The largest absolute Gasteiger partial charge is 0.481 e. The van der Waals surface area contributed by atoms with Crippen LogP contribution >= 0.6 is 0 Å². The highest BCUT2D eigenvalue weighted by Gasteiger charge is 2.30. The maximum atomic E-state index is 11.7. The predicted molar refractivity (Wildman–Crippen MR) is 60.2 cm³/mol. The Morgan fingerprint density at radius 2 is 2.00 bits per heavy atom. The zero-order chi connectivity index (χ0) is 12.1. The molecule has 1 N–H and O–H groups in total. The molecule has 1 fully saturated rings. The van der Waals surface area contributed by atoms with Gasteiger partial charge in [-0.3, -0.25) is 14.5 Å². The first-order valence-electron chi connectivity index (χ1n) is 5.74. The van der Waals surface area contributed by atoms with Crippen LogP contribution in [0.2, 0.25) is 0 Å². The molecule has 1 amide bonds. The van der Waals surface area contributed by atoms with Gasteiger partial charge in [-0.25, -0.2) is 0 Å². The highest BCUT2D eigenvalue weighted by molar-refractivity contribution is 5.78. The van der Waals surface area contributed by atoms with Gasteiger partial charge in [0.2, 0.25) is 5.91 Å². The van der Waals surface area contributed by atoms with Gasteiger partial charge in [-0.2, -0.15) is 0 Å². The molecule has 0 atom stereocenters. The van der Waals surface area contributed by atoms with Crippen LogP contribution in [0.4, 0.5) is 0 Å². The van der Waals surface area contributed by atoms with Crippen LogP contribution in [0.15, 0.2) is 0 Å². The van der Waals surface area contributed by atoms with Crippen LogP contribution in [-0.4, -0.2) is 59.5 Å². The van der Waals surface area contributed by atoms with E-state index in [1.807, 2.05) is 11.8 Å². The minimum absolute atomic E-state index is 0.0692. The van der Waals surface area contributed by atoms with Crippen LogP contribution in [0.1, 0.15) is 26.2 Å². The molecular formula is C11H20N2O3. The summed E-state index contributed by atoms with van der Waals surface area (Å²) >= 11 is 0. The number of carbonyl (C=O) groups excluding carboxylic acids is 1.